The zero-order chi connectivity index (χ0) is 15.1. The second kappa shape index (κ2) is 8.08. The van der Waals surface area contributed by atoms with Crippen LogP contribution in [-0.4, -0.2) is 46.5 Å². The van der Waals surface area contributed by atoms with Crippen molar-refractivity contribution in [3.63, 3.8) is 0 Å². The fourth-order valence-corrected chi connectivity index (χ4v) is 2.84. The first kappa shape index (κ1) is 15.9. The number of carbonyl (C=O) groups excluding carboxylic acids is 1. The summed E-state index contributed by atoms with van der Waals surface area (Å²) in [5.74, 6) is 1.50. The SMILES string of the molecule is CC(C)CN1CCC[C@@H]1CNC(=O)CCc1ncccn1. The summed E-state index contributed by atoms with van der Waals surface area (Å²) in [6, 6.07) is 2.29. The fraction of sp³-hybridized carbons (Fsp3) is 0.688. The molecule has 1 aliphatic rings. The molecule has 2 heterocycles. The summed E-state index contributed by atoms with van der Waals surface area (Å²) in [4.78, 5) is 22.7. The lowest BCUT2D eigenvalue weighted by Gasteiger charge is -2.26. The van der Waals surface area contributed by atoms with E-state index in [4.69, 9.17) is 0 Å². The van der Waals surface area contributed by atoms with E-state index >= 15 is 0 Å². The number of amides is 1. The van der Waals surface area contributed by atoms with Gasteiger partial charge in [0.25, 0.3) is 0 Å². The highest BCUT2D eigenvalue weighted by Crippen LogP contribution is 2.17. The summed E-state index contributed by atoms with van der Waals surface area (Å²) >= 11 is 0. The topological polar surface area (TPSA) is 58.1 Å². The van der Waals surface area contributed by atoms with E-state index in [1.54, 1.807) is 18.5 Å². The molecular weight excluding hydrogens is 264 g/mol. The first-order chi connectivity index (χ1) is 10.1. The van der Waals surface area contributed by atoms with Crippen molar-refractivity contribution in [3.8, 4) is 0 Å². The number of aryl methyl sites for hydroxylation is 1. The molecule has 0 aromatic carbocycles. The van der Waals surface area contributed by atoms with Crippen LogP contribution in [0.15, 0.2) is 18.5 Å². The third-order valence-electron chi connectivity index (χ3n) is 3.83. The van der Waals surface area contributed by atoms with Crippen molar-refractivity contribution in [1.29, 1.82) is 0 Å². The Morgan fingerprint density at radius 3 is 2.90 bits per heavy atom. The van der Waals surface area contributed by atoms with Crippen molar-refractivity contribution in [2.75, 3.05) is 19.6 Å². The standard InChI is InChI=1S/C16H26N4O/c1-13(2)12-20-10-3-5-14(20)11-19-16(21)7-6-15-17-8-4-9-18-15/h4,8-9,13-14H,3,5-7,10-12H2,1-2H3,(H,19,21)/t14-/m1/s1. The first-order valence-electron chi connectivity index (χ1n) is 7.92. The summed E-state index contributed by atoms with van der Waals surface area (Å²) in [7, 11) is 0. The largest absolute Gasteiger partial charge is 0.355 e. The summed E-state index contributed by atoms with van der Waals surface area (Å²) in [5.41, 5.74) is 0. The number of carbonyl (C=O) groups is 1. The molecule has 1 aromatic heterocycles. The van der Waals surface area contributed by atoms with Gasteiger partial charge in [0.1, 0.15) is 5.82 Å². The Kier molecular flexibility index (Phi) is 6.11. The van der Waals surface area contributed by atoms with Gasteiger partial charge in [-0.15, -0.1) is 0 Å². The van der Waals surface area contributed by atoms with E-state index in [-0.39, 0.29) is 5.91 Å². The second-order valence-corrected chi connectivity index (χ2v) is 6.15. The normalized spacial score (nSPS) is 19.1. The summed E-state index contributed by atoms with van der Waals surface area (Å²) in [6.07, 6.45) is 6.92. The molecule has 116 valence electrons. The lowest BCUT2D eigenvalue weighted by atomic mass is 10.1. The van der Waals surface area contributed by atoms with Crippen LogP contribution in [0, 0.1) is 5.92 Å². The molecule has 2 rings (SSSR count). The van der Waals surface area contributed by atoms with E-state index in [1.165, 1.54) is 12.8 Å². The van der Waals surface area contributed by atoms with Gasteiger partial charge in [-0.2, -0.15) is 0 Å². The van der Waals surface area contributed by atoms with Gasteiger partial charge in [0, 0.05) is 44.4 Å². The molecular formula is C16H26N4O. The zero-order valence-electron chi connectivity index (χ0n) is 13.1. The Hall–Kier alpha value is -1.49. The molecule has 1 amide bonds. The quantitative estimate of drug-likeness (QED) is 0.829. The number of aromatic nitrogens is 2. The molecule has 1 aromatic rings. The molecule has 1 atom stereocenters. The highest BCUT2D eigenvalue weighted by molar-refractivity contribution is 5.76. The molecule has 0 saturated carbocycles. The molecule has 0 radical (unpaired) electrons. The minimum absolute atomic E-state index is 0.0962. The van der Waals surface area contributed by atoms with E-state index in [1.807, 2.05) is 0 Å². The number of rotatable bonds is 7. The van der Waals surface area contributed by atoms with E-state index in [2.05, 4.69) is 34.0 Å². The number of hydrogen-bond acceptors (Lipinski definition) is 4. The van der Waals surface area contributed by atoms with Gasteiger partial charge in [-0.1, -0.05) is 13.8 Å². The van der Waals surface area contributed by atoms with Crippen molar-refractivity contribution < 1.29 is 4.79 Å². The molecule has 1 N–H and O–H groups in total. The van der Waals surface area contributed by atoms with E-state index < -0.39 is 0 Å². The minimum atomic E-state index is 0.0962. The van der Waals surface area contributed by atoms with Crippen LogP contribution in [-0.2, 0) is 11.2 Å². The highest BCUT2D eigenvalue weighted by Gasteiger charge is 2.24. The Bertz CT molecular complexity index is 435. The zero-order valence-corrected chi connectivity index (χ0v) is 13.1. The Labute approximate surface area is 127 Å². The van der Waals surface area contributed by atoms with Crippen LogP contribution >= 0.6 is 0 Å². The number of nitrogens with zero attached hydrogens (tertiary/aromatic N) is 3. The molecule has 21 heavy (non-hydrogen) atoms. The lowest BCUT2D eigenvalue weighted by Crippen LogP contribution is -2.41. The van der Waals surface area contributed by atoms with Crippen molar-refractivity contribution in [2.45, 2.75) is 45.6 Å². The van der Waals surface area contributed by atoms with Crippen LogP contribution in [0.3, 0.4) is 0 Å². The molecule has 5 heteroatoms. The summed E-state index contributed by atoms with van der Waals surface area (Å²) in [6.45, 7) is 7.54. The van der Waals surface area contributed by atoms with E-state index in [0.717, 1.165) is 25.5 Å². The van der Waals surface area contributed by atoms with Gasteiger partial charge in [-0.05, 0) is 31.4 Å². The molecule has 1 saturated heterocycles. The van der Waals surface area contributed by atoms with Crippen molar-refractivity contribution in [2.24, 2.45) is 5.92 Å². The number of likely N-dealkylation sites (tertiary alicyclic amines) is 1. The smallest absolute Gasteiger partial charge is 0.220 e. The number of hydrogen-bond donors (Lipinski definition) is 1. The van der Waals surface area contributed by atoms with Gasteiger partial charge < -0.3 is 5.32 Å². The molecule has 0 spiro atoms. The van der Waals surface area contributed by atoms with Gasteiger partial charge in [0.15, 0.2) is 0 Å². The maximum absolute atomic E-state index is 11.9. The molecule has 1 fully saturated rings. The van der Waals surface area contributed by atoms with E-state index in [0.29, 0.717) is 24.8 Å². The molecule has 0 unspecified atom stereocenters. The summed E-state index contributed by atoms with van der Waals surface area (Å²) in [5, 5.41) is 3.06. The molecule has 0 aliphatic carbocycles. The van der Waals surface area contributed by atoms with Crippen LogP contribution in [0.4, 0.5) is 0 Å². The van der Waals surface area contributed by atoms with Crippen molar-refractivity contribution in [1.82, 2.24) is 20.2 Å². The van der Waals surface area contributed by atoms with Gasteiger partial charge >= 0.3 is 0 Å². The van der Waals surface area contributed by atoms with Crippen molar-refractivity contribution >= 4 is 5.91 Å². The van der Waals surface area contributed by atoms with Crippen LogP contribution < -0.4 is 5.32 Å². The molecule has 1 aliphatic heterocycles. The maximum Gasteiger partial charge on any atom is 0.220 e. The van der Waals surface area contributed by atoms with Gasteiger partial charge in [-0.3, -0.25) is 9.69 Å². The summed E-state index contributed by atoms with van der Waals surface area (Å²) < 4.78 is 0. The lowest BCUT2D eigenvalue weighted by molar-refractivity contribution is -0.121. The maximum atomic E-state index is 11.9. The highest BCUT2D eigenvalue weighted by atomic mass is 16.1. The Balaban J connectivity index is 1.68. The Morgan fingerprint density at radius 2 is 2.19 bits per heavy atom. The van der Waals surface area contributed by atoms with Crippen molar-refractivity contribution in [3.05, 3.63) is 24.3 Å². The van der Waals surface area contributed by atoms with Crippen LogP contribution in [0.25, 0.3) is 0 Å². The first-order valence-corrected chi connectivity index (χ1v) is 7.92. The van der Waals surface area contributed by atoms with Crippen LogP contribution in [0.5, 0.6) is 0 Å². The Morgan fingerprint density at radius 1 is 1.43 bits per heavy atom. The minimum Gasteiger partial charge on any atom is -0.355 e. The van der Waals surface area contributed by atoms with Crippen LogP contribution in [0.2, 0.25) is 0 Å². The fourth-order valence-electron chi connectivity index (χ4n) is 2.84. The molecule has 0 bridgehead atoms. The average molecular weight is 290 g/mol. The third-order valence-corrected chi connectivity index (χ3v) is 3.83. The predicted molar refractivity (Wildman–Crippen MR) is 82.8 cm³/mol. The average Bonchev–Trinajstić information content (AvgIpc) is 2.90. The third kappa shape index (κ3) is 5.42. The van der Waals surface area contributed by atoms with E-state index in [9.17, 15) is 4.79 Å². The van der Waals surface area contributed by atoms with Gasteiger partial charge in [0.05, 0.1) is 0 Å². The van der Waals surface area contributed by atoms with Crippen LogP contribution in [0.1, 0.15) is 38.9 Å². The number of nitrogens with one attached hydrogen (secondary N) is 1. The monoisotopic (exact) mass is 290 g/mol. The second-order valence-electron chi connectivity index (χ2n) is 6.15. The van der Waals surface area contributed by atoms with Gasteiger partial charge in [-0.25, -0.2) is 9.97 Å². The predicted octanol–water partition coefficient (Wildman–Crippen LogP) is 1.65. The molecule has 5 nitrogen and oxygen atoms in total. The van der Waals surface area contributed by atoms with Gasteiger partial charge in [0.2, 0.25) is 5.91 Å².